The lowest BCUT2D eigenvalue weighted by Crippen LogP contribution is -2.46. The highest BCUT2D eigenvalue weighted by Crippen LogP contribution is 2.01. The molecule has 0 bridgehead atoms. The molecule has 0 aromatic rings. The Morgan fingerprint density at radius 1 is 1.33 bits per heavy atom. The number of primary amides is 1. The van der Waals surface area contributed by atoms with Gasteiger partial charge in [-0.3, -0.25) is 4.79 Å². The maximum Gasteiger partial charge on any atom is 0.234 e. The molecule has 0 aromatic carbocycles. The minimum Gasteiger partial charge on any atom is -0.368 e. The summed E-state index contributed by atoms with van der Waals surface area (Å²) >= 11 is 0. The summed E-state index contributed by atoms with van der Waals surface area (Å²) < 4.78 is 0. The van der Waals surface area contributed by atoms with Gasteiger partial charge in [-0.1, -0.05) is 27.7 Å². The van der Waals surface area contributed by atoms with Crippen molar-refractivity contribution in [3.63, 3.8) is 0 Å². The lowest BCUT2D eigenvalue weighted by molar-refractivity contribution is -0.121. The zero-order valence-electron chi connectivity index (χ0n) is 8.42. The molecule has 0 saturated carbocycles. The van der Waals surface area contributed by atoms with Gasteiger partial charge in [0, 0.05) is 0 Å². The van der Waals surface area contributed by atoms with Crippen molar-refractivity contribution in [3.05, 3.63) is 0 Å². The standard InChI is InChI=1S/C9H20N2O/c1-6(2)5-11-8(7(3)4)9(10)12/h6-8,11H,5H2,1-4H3,(H2,10,12). The predicted molar refractivity (Wildman–Crippen MR) is 50.7 cm³/mol. The van der Waals surface area contributed by atoms with E-state index in [-0.39, 0.29) is 17.9 Å². The molecule has 0 saturated heterocycles. The van der Waals surface area contributed by atoms with Crippen molar-refractivity contribution in [2.24, 2.45) is 17.6 Å². The first-order chi connectivity index (χ1) is 5.45. The second kappa shape index (κ2) is 5.14. The van der Waals surface area contributed by atoms with Gasteiger partial charge >= 0.3 is 0 Å². The van der Waals surface area contributed by atoms with E-state index in [4.69, 9.17) is 5.73 Å². The van der Waals surface area contributed by atoms with Crippen LogP contribution in [0, 0.1) is 11.8 Å². The molecule has 0 fully saturated rings. The van der Waals surface area contributed by atoms with Gasteiger partial charge < -0.3 is 11.1 Å². The molecule has 0 rings (SSSR count). The molecule has 3 heteroatoms. The number of hydrogen-bond donors (Lipinski definition) is 2. The number of carbonyl (C=O) groups is 1. The molecule has 72 valence electrons. The average Bonchev–Trinajstić information content (AvgIpc) is 1.84. The van der Waals surface area contributed by atoms with Gasteiger partial charge in [-0.15, -0.1) is 0 Å². The molecule has 3 nitrogen and oxygen atoms in total. The lowest BCUT2D eigenvalue weighted by atomic mass is 10.0. The summed E-state index contributed by atoms with van der Waals surface area (Å²) in [5.41, 5.74) is 5.22. The van der Waals surface area contributed by atoms with E-state index >= 15 is 0 Å². The van der Waals surface area contributed by atoms with Crippen molar-refractivity contribution in [3.8, 4) is 0 Å². The second-order valence-corrected chi connectivity index (χ2v) is 3.93. The van der Waals surface area contributed by atoms with Gasteiger partial charge in [0.25, 0.3) is 0 Å². The molecule has 0 radical (unpaired) electrons. The first-order valence-corrected chi connectivity index (χ1v) is 4.47. The topological polar surface area (TPSA) is 55.1 Å². The number of nitrogens with one attached hydrogen (secondary N) is 1. The van der Waals surface area contributed by atoms with Crippen LogP contribution < -0.4 is 11.1 Å². The van der Waals surface area contributed by atoms with Crippen LogP contribution in [0.15, 0.2) is 0 Å². The Bertz CT molecular complexity index is 143. The molecule has 0 heterocycles. The highest BCUT2D eigenvalue weighted by Gasteiger charge is 2.18. The molecular formula is C9H20N2O. The van der Waals surface area contributed by atoms with Crippen LogP contribution in [-0.4, -0.2) is 18.5 Å². The van der Waals surface area contributed by atoms with Crippen molar-refractivity contribution in [2.45, 2.75) is 33.7 Å². The fourth-order valence-electron chi connectivity index (χ4n) is 1.03. The number of carbonyl (C=O) groups excluding carboxylic acids is 1. The largest absolute Gasteiger partial charge is 0.368 e. The molecule has 1 amide bonds. The number of hydrogen-bond acceptors (Lipinski definition) is 2. The maximum atomic E-state index is 10.9. The number of rotatable bonds is 5. The van der Waals surface area contributed by atoms with E-state index < -0.39 is 0 Å². The minimum atomic E-state index is -0.259. The normalized spacial score (nSPS) is 13.8. The summed E-state index contributed by atoms with van der Waals surface area (Å²) in [6.45, 7) is 9.02. The number of nitrogens with two attached hydrogens (primary N) is 1. The van der Waals surface area contributed by atoms with Gasteiger partial charge in [-0.05, 0) is 18.4 Å². The van der Waals surface area contributed by atoms with E-state index in [1.807, 2.05) is 13.8 Å². The lowest BCUT2D eigenvalue weighted by Gasteiger charge is -2.19. The van der Waals surface area contributed by atoms with Gasteiger partial charge in [0.1, 0.15) is 0 Å². The van der Waals surface area contributed by atoms with Crippen LogP contribution in [0.25, 0.3) is 0 Å². The second-order valence-electron chi connectivity index (χ2n) is 3.93. The monoisotopic (exact) mass is 172 g/mol. The van der Waals surface area contributed by atoms with Crippen molar-refractivity contribution in [1.29, 1.82) is 0 Å². The van der Waals surface area contributed by atoms with Crippen LogP contribution in [-0.2, 0) is 4.79 Å². The smallest absolute Gasteiger partial charge is 0.234 e. The zero-order valence-corrected chi connectivity index (χ0v) is 8.42. The van der Waals surface area contributed by atoms with Crippen LogP contribution in [0.5, 0.6) is 0 Å². The Labute approximate surface area is 74.7 Å². The quantitative estimate of drug-likeness (QED) is 0.642. The minimum absolute atomic E-state index is 0.188. The Morgan fingerprint density at radius 2 is 1.83 bits per heavy atom. The molecule has 0 aliphatic rings. The summed E-state index contributed by atoms with van der Waals surface area (Å²) in [7, 11) is 0. The van der Waals surface area contributed by atoms with Crippen LogP contribution in [0.4, 0.5) is 0 Å². The fraction of sp³-hybridized carbons (Fsp3) is 0.889. The van der Waals surface area contributed by atoms with Crippen molar-refractivity contribution >= 4 is 5.91 Å². The van der Waals surface area contributed by atoms with Gasteiger partial charge in [0.15, 0.2) is 0 Å². The predicted octanol–water partition coefficient (Wildman–Crippen LogP) is 0.742. The van der Waals surface area contributed by atoms with Gasteiger partial charge in [-0.2, -0.15) is 0 Å². The van der Waals surface area contributed by atoms with Gasteiger partial charge in [-0.25, -0.2) is 0 Å². The summed E-state index contributed by atoms with van der Waals surface area (Å²) in [6, 6.07) is -0.188. The van der Waals surface area contributed by atoms with Crippen LogP contribution in [0.3, 0.4) is 0 Å². The Hall–Kier alpha value is -0.570. The van der Waals surface area contributed by atoms with E-state index in [9.17, 15) is 4.79 Å². The first kappa shape index (κ1) is 11.4. The molecule has 3 N–H and O–H groups in total. The Kier molecular flexibility index (Phi) is 4.90. The molecule has 0 aliphatic heterocycles. The van der Waals surface area contributed by atoms with Crippen molar-refractivity contribution in [2.75, 3.05) is 6.54 Å². The van der Waals surface area contributed by atoms with E-state index in [0.717, 1.165) is 6.54 Å². The van der Waals surface area contributed by atoms with Crippen LogP contribution >= 0.6 is 0 Å². The molecule has 1 atom stereocenters. The first-order valence-electron chi connectivity index (χ1n) is 4.47. The molecule has 12 heavy (non-hydrogen) atoms. The van der Waals surface area contributed by atoms with E-state index in [2.05, 4.69) is 19.2 Å². The van der Waals surface area contributed by atoms with Crippen LogP contribution in [0.1, 0.15) is 27.7 Å². The van der Waals surface area contributed by atoms with Crippen molar-refractivity contribution < 1.29 is 4.79 Å². The zero-order chi connectivity index (χ0) is 9.72. The van der Waals surface area contributed by atoms with E-state index in [1.165, 1.54) is 0 Å². The van der Waals surface area contributed by atoms with Gasteiger partial charge in [0.2, 0.25) is 5.91 Å². The third-order valence-corrected chi connectivity index (χ3v) is 1.72. The Morgan fingerprint density at radius 3 is 2.08 bits per heavy atom. The summed E-state index contributed by atoms with van der Waals surface area (Å²) in [5.74, 6) is 0.553. The molecule has 1 unspecified atom stereocenters. The third-order valence-electron chi connectivity index (χ3n) is 1.72. The summed E-state index contributed by atoms with van der Waals surface area (Å²) in [6.07, 6.45) is 0. The fourth-order valence-corrected chi connectivity index (χ4v) is 1.03. The SMILES string of the molecule is CC(C)CNC(C(N)=O)C(C)C. The highest BCUT2D eigenvalue weighted by atomic mass is 16.1. The highest BCUT2D eigenvalue weighted by molar-refractivity contribution is 5.80. The van der Waals surface area contributed by atoms with E-state index in [1.54, 1.807) is 0 Å². The average molecular weight is 172 g/mol. The van der Waals surface area contributed by atoms with Crippen LogP contribution in [0.2, 0.25) is 0 Å². The third kappa shape index (κ3) is 4.34. The number of amides is 1. The maximum absolute atomic E-state index is 10.9. The molecule has 0 aromatic heterocycles. The molecule has 0 aliphatic carbocycles. The summed E-state index contributed by atoms with van der Waals surface area (Å²) in [5, 5.41) is 3.14. The summed E-state index contributed by atoms with van der Waals surface area (Å²) in [4.78, 5) is 10.9. The Balaban J connectivity index is 3.88. The van der Waals surface area contributed by atoms with E-state index in [0.29, 0.717) is 5.92 Å². The van der Waals surface area contributed by atoms with Crippen molar-refractivity contribution in [1.82, 2.24) is 5.32 Å². The molecule has 0 spiro atoms. The van der Waals surface area contributed by atoms with Gasteiger partial charge in [0.05, 0.1) is 6.04 Å². The molecular weight excluding hydrogens is 152 g/mol.